The van der Waals surface area contributed by atoms with Gasteiger partial charge >= 0.3 is 0 Å². The molecule has 1 aromatic rings. The zero-order valence-corrected chi connectivity index (χ0v) is 12.0. The van der Waals surface area contributed by atoms with Crippen LogP contribution in [0.1, 0.15) is 38.2 Å². The second-order valence-corrected chi connectivity index (χ2v) is 6.51. The third kappa shape index (κ3) is 3.29. The molecule has 1 aromatic heterocycles. The van der Waals surface area contributed by atoms with Crippen LogP contribution >= 0.6 is 15.9 Å². The first-order chi connectivity index (χ1) is 8.13. The van der Waals surface area contributed by atoms with Crippen molar-refractivity contribution < 1.29 is 0 Å². The van der Waals surface area contributed by atoms with E-state index in [1.807, 2.05) is 12.4 Å². The number of pyridine rings is 1. The van der Waals surface area contributed by atoms with E-state index in [9.17, 15) is 0 Å². The van der Waals surface area contributed by atoms with Crippen LogP contribution in [0.25, 0.3) is 0 Å². The molecule has 1 fully saturated rings. The average Bonchev–Trinajstić information content (AvgIpc) is 2.29. The Bertz CT molecular complexity index is 380. The number of aromatic nitrogens is 1. The molecule has 2 nitrogen and oxygen atoms in total. The number of hydrogen-bond acceptors (Lipinski definition) is 2. The van der Waals surface area contributed by atoms with Gasteiger partial charge in [0.25, 0.3) is 0 Å². The van der Waals surface area contributed by atoms with E-state index < -0.39 is 0 Å². The summed E-state index contributed by atoms with van der Waals surface area (Å²) in [7, 11) is 0. The molecule has 1 heterocycles. The number of rotatable bonds is 3. The number of nitrogens with two attached hydrogens (primary N) is 1. The zero-order chi connectivity index (χ0) is 12.3. The van der Waals surface area contributed by atoms with Crippen LogP contribution in [0.2, 0.25) is 0 Å². The molecule has 1 aliphatic carbocycles. The Labute approximate surface area is 112 Å². The fraction of sp³-hybridized carbons (Fsp3) is 0.643. The first-order valence-electron chi connectivity index (χ1n) is 6.43. The lowest BCUT2D eigenvalue weighted by atomic mass is 9.67. The van der Waals surface area contributed by atoms with Crippen molar-refractivity contribution in [2.24, 2.45) is 17.1 Å². The maximum absolute atomic E-state index is 6.05. The van der Waals surface area contributed by atoms with Crippen molar-refractivity contribution in [2.75, 3.05) is 6.54 Å². The molecule has 0 radical (unpaired) electrons. The van der Waals surface area contributed by atoms with Crippen LogP contribution < -0.4 is 5.73 Å². The van der Waals surface area contributed by atoms with Crippen LogP contribution in [0.4, 0.5) is 0 Å². The summed E-state index contributed by atoms with van der Waals surface area (Å²) in [5.41, 5.74) is 7.66. The predicted molar refractivity (Wildman–Crippen MR) is 74.8 cm³/mol. The van der Waals surface area contributed by atoms with E-state index in [-0.39, 0.29) is 0 Å². The second kappa shape index (κ2) is 5.49. The molecule has 1 aliphatic rings. The zero-order valence-electron chi connectivity index (χ0n) is 10.5. The molecule has 0 aliphatic heterocycles. The van der Waals surface area contributed by atoms with Crippen LogP contribution in [0.15, 0.2) is 22.9 Å². The molecule has 0 spiro atoms. The highest BCUT2D eigenvalue weighted by molar-refractivity contribution is 9.10. The largest absolute Gasteiger partial charge is 0.330 e. The normalized spacial score (nSPS) is 29.2. The van der Waals surface area contributed by atoms with Gasteiger partial charge in [-0.2, -0.15) is 0 Å². The van der Waals surface area contributed by atoms with Gasteiger partial charge in [-0.15, -0.1) is 0 Å². The van der Waals surface area contributed by atoms with Gasteiger partial charge in [0.15, 0.2) is 0 Å². The number of hydrogen-bond donors (Lipinski definition) is 1. The van der Waals surface area contributed by atoms with E-state index in [4.69, 9.17) is 5.73 Å². The molecule has 2 unspecified atom stereocenters. The summed E-state index contributed by atoms with van der Waals surface area (Å²) in [6.45, 7) is 3.15. The van der Waals surface area contributed by atoms with Crippen LogP contribution in [0.3, 0.4) is 0 Å². The van der Waals surface area contributed by atoms with Crippen molar-refractivity contribution in [1.82, 2.24) is 4.98 Å². The molecular weight excluding hydrogens is 276 g/mol. The van der Waals surface area contributed by atoms with Crippen molar-refractivity contribution in [1.29, 1.82) is 0 Å². The lowest BCUT2D eigenvalue weighted by molar-refractivity contribution is 0.153. The average molecular weight is 297 g/mol. The van der Waals surface area contributed by atoms with Gasteiger partial charge in [-0.05, 0) is 64.7 Å². The third-order valence-electron chi connectivity index (χ3n) is 3.96. The molecule has 2 N–H and O–H groups in total. The molecule has 17 heavy (non-hydrogen) atoms. The Kier molecular flexibility index (Phi) is 4.21. The SMILES string of the molecule is CC1CCCC(CN)(Cc2cncc(Br)c2)C1. The van der Waals surface area contributed by atoms with Crippen molar-refractivity contribution >= 4 is 15.9 Å². The van der Waals surface area contributed by atoms with E-state index in [0.29, 0.717) is 5.41 Å². The van der Waals surface area contributed by atoms with Gasteiger partial charge in [-0.3, -0.25) is 4.98 Å². The van der Waals surface area contributed by atoms with Gasteiger partial charge in [0.2, 0.25) is 0 Å². The highest BCUT2D eigenvalue weighted by Gasteiger charge is 2.33. The molecule has 3 heteroatoms. The Morgan fingerprint density at radius 3 is 3.00 bits per heavy atom. The van der Waals surface area contributed by atoms with Gasteiger partial charge in [-0.1, -0.05) is 19.8 Å². The first kappa shape index (κ1) is 13.0. The Morgan fingerprint density at radius 1 is 1.53 bits per heavy atom. The minimum Gasteiger partial charge on any atom is -0.330 e. The maximum Gasteiger partial charge on any atom is 0.0410 e. The van der Waals surface area contributed by atoms with Crippen LogP contribution in [0, 0.1) is 11.3 Å². The van der Waals surface area contributed by atoms with Gasteiger partial charge in [-0.25, -0.2) is 0 Å². The number of nitrogens with zero attached hydrogens (tertiary/aromatic N) is 1. The lowest BCUT2D eigenvalue weighted by Crippen LogP contribution is -2.37. The fourth-order valence-corrected chi connectivity index (χ4v) is 3.58. The molecule has 94 valence electrons. The summed E-state index contributed by atoms with van der Waals surface area (Å²) >= 11 is 3.48. The molecule has 0 saturated heterocycles. The minimum absolute atomic E-state index is 0.306. The van der Waals surface area contributed by atoms with Gasteiger partial charge in [0.05, 0.1) is 0 Å². The predicted octanol–water partition coefficient (Wildman–Crippen LogP) is 3.54. The van der Waals surface area contributed by atoms with Crippen molar-refractivity contribution in [3.8, 4) is 0 Å². The lowest BCUT2D eigenvalue weighted by Gasteiger charge is -2.39. The summed E-state index contributed by atoms with van der Waals surface area (Å²) in [5, 5.41) is 0. The topological polar surface area (TPSA) is 38.9 Å². The molecule has 0 bridgehead atoms. The highest BCUT2D eigenvalue weighted by atomic mass is 79.9. The van der Waals surface area contributed by atoms with Gasteiger partial charge < -0.3 is 5.73 Å². The molecule has 2 rings (SSSR count). The molecule has 2 atom stereocenters. The van der Waals surface area contributed by atoms with Crippen molar-refractivity contribution in [3.05, 3.63) is 28.5 Å². The summed E-state index contributed by atoms with van der Waals surface area (Å²) in [5.74, 6) is 0.812. The van der Waals surface area contributed by atoms with Crippen LogP contribution in [0.5, 0.6) is 0 Å². The highest BCUT2D eigenvalue weighted by Crippen LogP contribution is 2.41. The van der Waals surface area contributed by atoms with Crippen LogP contribution in [-0.4, -0.2) is 11.5 Å². The first-order valence-corrected chi connectivity index (χ1v) is 7.22. The Hall–Kier alpha value is -0.410. The molecule has 1 saturated carbocycles. The van der Waals surface area contributed by atoms with E-state index in [1.165, 1.54) is 31.2 Å². The smallest absolute Gasteiger partial charge is 0.0410 e. The van der Waals surface area contributed by atoms with E-state index in [1.54, 1.807) is 0 Å². The quantitative estimate of drug-likeness (QED) is 0.926. The standard InChI is InChI=1S/C14H21BrN2/c1-11-3-2-4-14(6-11,10-16)7-12-5-13(15)9-17-8-12/h5,8-9,11H,2-4,6-7,10,16H2,1H3. The molecule has 0 amide bonds. The second-order valence-electron chi connectivity index (χ2n) is 5.59. The third-order valence-corrected chi connectivity index (χ3v) is 4.39. The minimum atomic E-state index is 0.306. The van der Waals surface area contributed by atoms with Crippen molar-refractivity contribution in [2.45, 2.75) is 39.0 Å². The van der Waals surface area contributed by atoms with E-state index in [0.717, 1.165) is 23.4 Å². The van der Waals surface area contributed by atoms with Gasteiger partial charge in [0, 0.05) is 16.9 Å². The van der Waals surface area contributed by atoms with Crippen LogP contribution in [-0.2, 0) is 6.42 Å². The monoisotopic (exact) mass is 296 g/mol. The summed E-state index contributed by atoms with van der Waals surface area (Å²) in [6.07, 6.45) is 10.1. The molecule has 0 aromatic carbocycles. The Balaban J connectivity index is 2.13. The Morgan fingerprint density at radius 2 is 2.35 bits per heavy atom. The summed E-state index contributed by atoms with van der Waals surface area (Å²) in [4.78, 5) is 4.25. The number of halogens is 1. The maximum atomic E-state index is 6.05. The van der Waals surface area contributed by atoms with Gasteiger partial charge in [0.1, 0.15) is 0 Å². The molecular formula is C14H21BrN2. The van der Waals surface area contributed by atoms with Crippen molar-refractivity contribution in [3.63, 3.8) is 0 Å². The summed E-state index contributed by atoms with van der Waals surface area (Å²) in [6, 6.07) is 2.17. The van der Waals surface area contributed by atoms with E-state index >= 15 is 0 Å². The summed E-state index contributed by atoms with van der Waals surface area (Å²) < 4.78 is 1.06. The van der Waals surface area contributed by atoms with E-state index in [2.05, 4.69) is 33.9 Å². The fourth-order valence-electron chi connectivity index (χ4n) is 3.17.